The molecule has 3 rings (SSSR count). The Morgan fingerprint density at radius 1 is 1.32 bits per heavy atom. The normalized spacial score (nSPS) is 18.1. The van der Waals surface area contributed by atoms with Gasteiger partial charge in [-0.05, 0) is 68.1 Å². The first-order valence-electron chi connectivity index (χ1n) is 9.27. The summed E-state index contributed by atoms with van der Waals surface area (Å²) in [6.07, 6.45) is 2.65. The minimum atomic E-state index is -0.289. The number of hydrogen-bond donors (Lipinski definition) is 1. The largest absolute Gasteiger partial charge is 0.497 e. The smallest absolute Gasteiger partial charge is 0.271 e. The minimum absolute atomic E-state index is 0.0810. The van der Waals surface area contributed by atoms with E-state index in [9.17, 15) is 4.79 Å². The first kappa shape index (κ1) is 20.2. The molecule has 1 N–H and O–H groups in total. The summed E-state index contributed by atoms with van der Waals surface area (Å²) in [5.41, 5.74) is 6.31. The first-order valence-corrected chi connectivity index (χ1v) is 9.65. The summed E-state index contributed by atoms with van der Waals surface area (Å²) in [5.74, 6) is 0.825. The number of hydrogen-bond acceptors (Lipinski definition) is 4. The van der Waals surface area contributed by atoms with Gasteiger partial charge in [0.2, 0.25) is 0 Å². The predicted octanol–water partition coefficient (Wildman–Crippen LogP) is 4.83. The lowest BCUT2D eigenvalue weighted by molar-refractivity contribution is 0.0955. The molecule has 2 aromatic rings. The Balaban J connectivity index is 1.77. The van der Waals surface area contributed by atoms with Crippen LogP contribution in [0.2, 0.25) is 5.02 Å². The maximum atomic E-state index is 12.2. The molecule has 0 aromatic heterocycles. The van der Waals surface area contributed by atoms with E-state index in [1.807, 2.05) is 6.07 Å². The van der Waals surface area contributed by atoms with E-state index in [-0.39, 0.29) is 11.4 Å². The molecule has 6 heteroatoms. The van der Waals surface area contributed by atoms with Gasteiger partial charge in [0.25, 0.3) is 5.91 Å². The summed E-state index contributed by atoms with van der Waals surface area (Å²) in [4.78, 5) is 14.5. The molecule has 28 heavy (non-hydrogen) atoms. The molecular weight excluding hydrogens is 374 g/mol. The van der Waals surface area contributed by atoms with Gasteiger partial charge in [-0.15, -0.1) is 0 Å². The maximum absolute atomic E-state index is 12.2. The van der Waals surface area contributed by atoms with Crippen LogP contribution in [0.5, 0.6) is 5.75 Å². The van der Waals surface area contributed by atoms with Crippen molar-refractivity contribution in [1.82, 2.24) is 5.43 Å². The standard InChI is InChI=1S/C22H26ClN3O2/c1-14-12-22(2,3)26(4)20-11-19(23)16(10-18(14)20)13-24-25-21(27)15-6-8-17(28-5)9-7-15/h6-11,13-14H,12H2,1-5H3,(H,25,27)/b24-13-. The van der Waals surface area contributed by atoms with Crippen LogP contribution >= 0.6 is 11.6 Å². The number of hydrazone groups is 1. The van der Waals surface area contributed by atoms with Crippen LogP contribution in [0.15, 0.2) is 41.5 Å². The molecule has 1 aliphatic heterocycles. The molecule has 0 bridgehead atoms. The fourth-order valence-electron chi connectivity index (χ4n) is 3.67. The van der Waals surface area contributed by atoms with Crippen LogP contribution in [-0.2, 0) is 0 Å². The van der Waals surface area contributed by atoms with Crippen molar-refractivity contribution < 1.29 is 9.53 Å². The second-order valence-electron chi connectivity index (χ2n) is 7.84. The van der Waals surface area contributed by atoms with E-state index >= 15 is 0 Å². The van der Waals surface area contributed by atoms with Crippen LogP contribution in [0.1, 0.15) is 54.6 Å². The summed E-state index contributed by atoms with van der Waals surface area (Å²) in [6, 6.07) is 10.9. The fraction of sp³-hybridized carbons (Fsp3) is 0.364. The Kier molecular flexibility index (Phi) is 5.66. The molecule has 0 aliphatic carbocycles. The van der Waals surface area contributed by atoms with Gasteiger partial charge in [-0.2, -0.15) is 5.10 Å². The molecule has 1 amide bonds. The van der Waals surface area contributed by atoms with E-state index in [1.165, 1.54) is 5.56 Å². The summed E-state index contributed by atoms with van der Waals surface area (Å²) in [5, 5.41) is 4.70. The number of halogens is 1. The molecule has 148 valence electrons. The van der Waals surface area contributed by atoms with Gasteiger partial charge in [0, 0.05) is 29.4 Å². The van der Waals surface area contributed by atoms with Crippen molar-refractivity contribution in [3.8, 4) is 5.75 Å². The van der Waals surface area contributed by atoms with Crippen molar-refractivity contribution in [2.45, 2.75) is 38.6 Å². The van der Waals surface area contributed by atoms with Crippen molar-refractivity contribution in [2.24, 2.45) is 5.10 Å². The zero-order valence-corrected chi connectivity index (χ0v) is 17.7. The number of carbonyl (C=O) groups excluding carboxylic acids is 1. The number of ether oxygens (including phenoxy) is 1. The van der Waals surface area contributed by atoms with Crippen LogP contribution in [0.4, 0.5) is 5.69 Å². The van der Waals surface area contributed by atoms with E-state index in [1.54, 1.807) is 37.6 Å². The SMILES string of the molecule is COc1ccc(C(=O)N/N=C\c2cc3c(cc2Cl)N(C)C(C)(C)CC3C)cc1. The molecule has 0 saturated heterocycles. The van der Waals surface area contributed by atoms with E-state index in [2.05, 4.69) is 49.3 Å². The highest BCUT2D eigenvalue weighted by Crippen LogP contribution is 2.44. The average molecular weight is 400 g/mol. The van der Waals surface area contributed by atoms with Crippen LogP contribution in [0, 0.1) is 0 Å². The van der Waals surface area contributed by atoms with Crippen molar-refractivity contribution in [3.63, 3.8) is 0 Å². The lowest BCUT2D eigenvalue weighted by Gasteiger charge is -2.45. The molecule has 2 aromatic carbocycles. The van der Waals surface area contributed by atoms with Crippen molar-refractivity contribution in [1.29, 1.82) is 0 Å². The van der Waals surface area contributed by atoms with Crippen LogP contribution < -0.4 is 15.1 Å². The molecule has 1 atom stereocenters. The van der Waals surface area contributed by atoms with Crippen molar-refractivity contribution in [3.05, 3.63) is 58.1 Å². The van der Waals surface area contributed by atoms with Crippen molar-refractivity contribution >= 4 is 29.4 Å². The number of benzene rings is 2. The maximum Gasteiger partial charge on any atom is 0.271 e. The van der Waals surface area contributed by atoms with Crippen LogP contribution in [0.25, 0.3) is 0 Å². The van der Waals surface area contributed by atoms with E-state index in [0.29, 0.717) is 22.3 Å². The Hall–Kier alpha value is -2.53. The van der Waals surface area contributed by atoms with Crippen molar-refractivity contribution in [2.75, 3.05) is 19.1 Å². The molecule has 0 radical (unpaired) electrons. The Morgan fingerprint density at radius 3 is 2.64 bits per heavy atom. The topological polar surface area (TPSA) is 53.9 Å². The number of anilines is 1. The third kappa shape index (κ3) is 3.99. The third-order valence-corrected chi connectivity index (χ3v) is 5.80. The van der Waals surface area contributed by atoms with E-state index < -0.39 is 0 Å². The van der Waals surface area contributed by atoms with E-state index in [0.717, 1.165) is 17.7 Å². The van der Waals surface area contributed by atoms with E-state index in [4.69, 9.17) is 16.3 Å². The lowest BCUT2D eigenvalue weighted by atomic mass is 9.80. The molecule has 0 fully saturated rings. The summed E-state index contributed by atoms with van der Waals surface area (Å²) >= 11 is 6.49. The number of nitrogens with one attached hydrogen (secondary N) is 1. The second-order valence-corrected chi connectivity index (χ2v) is 8.24. The number of fused-ring (bicyclic) bond motifs is 1. The monoisotopic (exact) mass is 399 g/mol. The highest BCUT2D eigenvalue weighted by Gasteiger charge is 2.34. The molecule has 1 heterocycles. The molecule has 1 unspecified atom stereocenters. The predicted molar refractivity (Wildman–Crippen MR) is 115 cm³/mol. The van der Waals surface area contributed by atoms with Gasteiger partial charge in [0.1, 0.15) is 5.75 Å². The summed E-state index contributed by atoms with van der Waals surface area (Å²) < 4.78 is 5.10. The highest BCUT2D eigenvalue weighted by atomic mass is 35.5. The average Bonchev–Trinajstić information content (AvgIpc) is 2.66. The fourth-order valence-corrected chi connectivity index (χ4v) is 3.88. The zero-order valence-electron chi connectivity index (χ0n) is 16.9. The second kappa shape index (κ2) is 7.84. The first-order chi connectivity index (χ1) is 13.2. The van der Waals surface area contributed by atoms with Crippen LogP contribution in [0.3, 0.4) is 0 Å². The third-order valence-electron chi connectivity index (χ3n) is 5.47. The Morgan fingerprint density at radius 2 is 2.00 bits per heavy atom. The Labute approximate surface area is 171 Å². The van der Waals surface area contributed by atoms with Gasteiger partial charge < -0.3 is 9.64 Å². The molecule has 0 spiro atoms. The number of nitrogens with zero attached hydrogens (tertiary/aromatic N) is 2. The van der Waals surface area contributed by atoms with Gasteiger partial charge in [-0.25, -0.2) is 5.43 Å². The van der Waals surface area contributed by atoms with Gasteiger partial charge in [0.15, 0.2) is 0 Å². The summed E-state index contributed by atoms with van der Waals surface area (Å²) in [7, 11) is 3.69. The Bertz CT molecular complexity index is 907. The molecular formula is C22H26ClN3O2. The van der Waals surface area contributed by atoms with Crippen LogP contribution in [-0.4, -0.2) is 31.8 Å². The molecule has 5 nitrogen and oxygen atoms in total. The van der Waals surface area contributed by atoms with Gasteiger partial charge in [0.05, 0.1) is 18.3 Å². The summed E-state index contributed by atoms with van der Waals surface area (Å²) in [6.45, 7) is 6.71. The highest BCUT2D eigenvalue weighted by molar-refractivity contribution is 6.33. The number of amides is 1. The van der Waals surface area contributed by atoms with Gasteiger partial charge in [-0.1, -0.05) is 18.5 Å². The molecule has 1 aliphatic rings. The number of rotatable bonds is 4. The number of methoxy groups -OCH3 is 1. The minimum Gasteiger partial charge on any atom is -0.497 e. The lowest BCUT2D eigenvalue weighted by Crippen LogP contribution is -2.45. The zero-order chi connectivity index (χ0) is 20.5. The quantitative estimate of drug-likeness (QED) is 0.591. The van der Waals surface area contributed by atoms with Gasteiger partial charge in [-0.3, -0.25) is 4.79 Å². The molecule has 0 saturated carbocycles. The number of carbonyl (C=O) groups is 1. The van der Waals surface area contributed by atoms with Gasteiger partial charge >= 0.3 is 0 Å².